The number of rotatable bonds is 11. The van der Waals surface area contributed by atoms with Crippen molar-refractivity contribution in [2.75, 3.05) is 6.61 Å². The number of alkyl halides is 4. The highest BCUT2D eigenvalue weighted by molar-refractivity contribution is 5.93. The van der Waals surface area contributed by atoms with Crippen LogP contribution in [-0.4, -0.2) is 55.9 Å². The Labute approximate surface area is 226 Å². The van der Waals surface area contributed by atoms with E-state index in [1.807, 2.05) is 0 Å². The summed E-state index contributed by atoms with van der Waals surface area (Å²) in [5, 5.41) is 17.5. The predicted molar refractivity (Wildman–Crippen MR) is 129 cm³/mol. The fourth-order valence-corrected chi connectivity index (χ4v) is 5.10. The van der Waals surface area contributed by atoms with Crippen molar-refractivity contribution in [3.63, 3.8) is 0 Å². The fraction of sp³-hybridized carbons (Fsp3) is 0.600. The molecule has 2 fully saturated rings. The summed E-state index contributed by atoms with van der Waals surface area (Å²) < 4.78 is 62.6. The van der Waals surface area contributed by atoms with Crippen LogP contribution in [0.1, 0.15) is 84.5 Å². The third-order valence-corrected chi connectivity index (χ3v) is 7.41. The fourth-order valence-electron chi connectivity index (χ4n) is 5.10. The van der Waals surface area contributed by atoms with Crippen LogP contribution in [-0.2, 0) is 9.53 Å². The lowest BCUT2D eigenvalue weighted by Crippen LogP contribution is -2.37. The zero-order valence-corrected chi connectivity index (χ0v) is 21.7. The predicted octanol–water partition coefficient (Wildman–Crippen LogP) is 3.91. The monoisotopic (exact) mass is 567 g/mol. The molecule has 2 atom stereocenters. The smallest absolute Gasteiger partial charge is 0.345 e. The second-order valence-electron chi connectivity index (χ2n) is 10.4. The van der Waals surface area contributed by atoms with Gasteiger partial charge >= 0.3 is 6.61 Å². The third kappa shape index (κ3) is 6.57. The zero-order valence-electron chi connectivity index (χ0n) is 21.7. The number of amides is 2. The van der Waals surface area contributed by atoms with Crippen LogP contribution in [0, 0.1) is 18.8 Å². The van der Waals surface area contributed by atoms with E-state index in [2.05, 4.69) is 40.4 Å². The Morgan fingerprint density at radius 1 is 1.12 bits per heavy atom. The van der Waals surface area contributed by atoms with Crippen LogP contribution in [0.25, 0.3) is 5.65 Å². The average molecular weight is 568 g/mol. The van der Waals surface area contributed by atoms with Crippen molar-refractivity contribution in [1.82, 2.24) is 35.5 Å². The van der Waals surface area contributed by atoms with Crippen molar-refractivity contribution in [1.29, 1.82) is 0 Å². The molecule has 0 radical (unpaired) electrons. The number of hydrogen-bond donors (Lipinski definition) is 2. The molecule has 0 aromatic carbocycles. The third-order valence-electron chi connectivity index (χ3n) is 7.41. The summed E-state index contributed by atoms with van der Waals surface area (Å²) in [6, 6.07) is 0.684. The average Bonchev–Trinajstić information content (AvgIpc) is 3.51. The number of aryl methyl sites for hydroxylation is 1. The van der Waals surface area contributed by atoms with Crippen LogP contribution in [0.2, 0.25) is 0 Å². The number of halogens is 4. The first-order valence-corrected chi connectivity index (χ1v) is 13.1. The van der Waals surface area contributed by atoms with E-state index in [1.165, 1.54) is 4.52 Å². The first-order valence-electron chi connectivity index (χ1n) is 13.1. The van der Waals surface area contributed by atoms with E-state index < -0.39 is 37.0 Å². The molecule has 2 amide bonds. The summed E-state index contributed by atoms with van der Waals surface area (Å²) in [6.07, 6.45) is 4.58. The largest absolute Gasteiger partial charge is 0.349 e. The maximum Gasteiger partial charge on any atom is 0.345 e. The molecule has 40 heavy (non-hydrogen) atoms. The lowest BCUT2D eigenvalue weighted by Gasteiger charge is -2.33. The molecule has 2 N–H and O–H groups in total. The Hall–Kier alpha value is -3.62. The highest BCUT2D eigenvalue weighted by Gasteiger charge is 2.40. The lowest BCUT2D eigenvalue weighted by atomic mass is 9.81. The van der Waals surface area contributed by atoms with E-state index in [0.29, 0.717) is 22.6 Å². The highest BCUT2D eigenvalue weighted by Crippen LogP contribution is 2.42. The molecule has 0 aliphatic heterocycles. The van der Waals surface area contributed by atoms with E-state index in [-0.39, 0.29) is 55.7 Å². The van der Waals surface area contributed by atoms with Crippen molar-refractivity contribution in [3.8, 4) is 0 Å². The number of imidazole rings is 1. The summed E-state index contributed by atoms with van der Waals surface area (Å²) in [6.45, 7) is -1.77. The summed E-state index contributed by atoms with van der Waals surface area (Å²) in [5.74, 6) is -3.85. The number of aromatic nitrogens is 5. The van der Waals surface area contributed by atoms with Crippen molar-refractivity contribution < 1.29 is 36.5 Å². The maximum atomic E-state index is 13.9. The van der Waals surface area contributed by atoms with Gasteiger partial charge in [-0.2, -0.15) is 13.9 Å². The van der Waals surface area contributed by atoms with Gasteiger partial charge in [0.1, 0.15) is 5.69 Å². The van der Waals surface area contributed by atoms with E-state index in [9.17, 15) is 27.2 Å². The van der Waals surface area contributed by atoms with Gasteiger partial charge in [0.15, 0.2) is 11.3 Å². The van der Waals surface area contributed by atoms with Crippen LogP contribution >= 0.6 is 0 Å². The molecular formula is C25H29F4N7O4. The number of ether oxygens (including phenoxy) is 1. The van der Waals surface area contributed by atoms with Crippen LogP contribution in [0.3, 0.4) is 0 Å². The lowest BCUT2D eigenvalue weighted by molar-refractivity contribution is -0.138. The van der Waals surface area contributed by atoms with Crippen molar-refractivity contribution in [2.45, 2.75) is 76.5 Å². The van der Waals surface area contributed by atoms with Crippen molar-refractivity contribution in [2.24, 2.45) is 11.8 Å². The molecule has 0 unspecified atom stereocenters. The Morgan fingerprint density at radius 2 is 1.85 bits per heavy atom. The van der Waals surface area contributed by atoms with Crippen LogP contribution in [0.15, 0.2) is 23.1 Å². The Kier molecular flexibility index (Phi) is 8.01. The van der Waals surface area contributed by atoms with Gasteiger partial charge in [0.2, 0.25) is 11.8 Å². The first kappa shape index (κ1) is 27.9. The van der Waals surface area contributed by atoms with Crippen molar-refractivity contribution in [3.05, 3.63) is 41.1 Å². The Balaban J connectivity index is 1.38. The Bertz CT molecular complexity index is 1350. The number of fused-ring (bicyclic) bond motifs is 1. The van der Waals surface area contributed by atoms with Crippen LogP contribution < -0.4 is 10.6 Å². The van der Waals surface area contributed by atoms with Gasteiger partial charge in [0.05, 0.1) is 43.2 Å². The molecular weight excluding hydrogens is 538 g/mol. The zero-order chi connectivity index (χ0) is 28.4. The molecule has 11 nitrogen and oxygen atoms in total. The van der Waals surface area contributed by atoms with Gasteiger partial charge in [-0.15, -0.1) is 0 Å². The molecule has 3 aromatic heterocycles. The number of carbonyl (C=O) groups is 2. The van der Waals surface area contributed by atoms with Crippen LogP contribution in [0.4, 0.5) is 17.6 Å². The molecule has 0 spiro atoms. The summed E-state index contributed by atoms with van der Waals surface area (Å²) in [7, 11) is 0. The van der Waals surface area contributed by atoms with E-state index in [1.54, 1.807) is 25.4 Å². The molecule has 0 saturated heterocycles. The SMILES string of the molecule is Cc1nonc1C(=O)N[C@H](c1cn2ncc([C@H](NC(=O)CCOC(F)F)C3CC3)cc2n1)C1CCC(F)(F)CC1. The molecule has 15 heteroatoms. The minimum Gasteiger partial charge on any atom is -0.349 e. The van der Waals surface area contributed by atoms with Gasteiger partial charge in [-0.1, -0.05) is 5.16 Å². The Morgan fingerprint density at radius 3 is 2.50 bits per heavy atom. The topological polar surface area (TPSA) is 137 Å². The summed E-state index contributed by atoms with van der Waals surface area (Å²) >= 11 is 0. The van der Waals surface area contributed by atoms with Gasteiger partial charge < -0.3 is 15.4 Å². The number of nitrogens with zero attached hydrogens (tertiary/aromatic N) is 5. The van der Waals surface area contributed by atoms with Gasteiger partial charge in [-0.3, -0.25) is 9.59 Å². The normalized spacial score (nSPS) is 19.1. The molecule has 216 valence electrons. The summed E-state index contributed by atoms with van der Waals surface area (Å²) in [5.41, 5.74) is 1.86. The first-order chi connectivity index (χ1) is 19.1. The minimum absolute atomic E-state index is 0.00252. The van der Waals surface area contributed by atoms with E-state index in [0.717, 1.165) is 12.8 Å². The van der Waals surface area contributed by atoms with Crippen LogP contribution in [0.5, 0.6) is 0 Å². The molecule has 2 aliphatic carbocycles. The molecule has 5 rings (SSSR count). The standard InChI is InChI=1S/C25H29F4N7O4/c1-13-20(35-40-34-13)23(38)33-22(15-4-7-25(28,29)8-5-15)17-12-36-18(31-17)10-16(11-30-36)21(14-2-3-14)32-19(37)6-9-39-24(26)27/h10-12,14-15,21-22,24H,2-9H2,1H3,(H,32,37)(H,33,38)/t21-,22+/m1/s1. The van der Waals surface area contributed by atoms with E-state index in [4.69, 9.17) is 0 Å². The second kappa shape index (κ2) is 11.5. The molecule has 2 saturated carbocycles. The maximum absolute atomic E-state index is 13.9. The highest BCUT2D eigenvalue weighted by atomic mass is 19.3. The summed E-state index contributed by atoms with van der Waals surface area (Å²) in [4.78, 5) is 30.0. The van der Waals surface area contributed by atoms with E-state index >= 15 is 0 Å². The quantitative estimate of drug-likeness (QED) is 0.333. The molecule has 0 bridgehead atoms. The van der Waals surface area contributed by atoms with Gasteiger partial charge in [0, 0.05) is 12.8 Å². The number of carbonyl (C=O) groups excluding carboxylic acids is 2. The van der Waals surface area contributed by atoms with Gasteiger partial charge in [0.25, 0.3) is 5.91 Å². The molecule has 3 aromatic rings. The number of nitrogens with one attached hydrogen (secondary N) is 2. The van der Waals surface area contributed by atoms with Gasteiger partial charge in [-0.05, 0) is 61.2 Å². The second-order valence-corrected chi connectivity index (χ2v) is 10.4. The minimum atomic E-state index is -2.94. The van der Waals surface area contributed by atoms with Gasteiger partial charge in [-0.25, -0.2) is 22.9 Å². The number of hydrogen-bond acceptors (Lipinski definition) is 8. The molecule has 3 heterocycles. The molecule has 2 aliphatic rings. The van der Waals surface area contributed by atoms with Crippen molar-refractivity contribution >= 4 is 17.5 Å².